The first kappa shape index (κ1) is 15.3. The number of nitrogens with zero attached hydrogens (tertiary/aromatic N) is 2. The summed E-state index contributed by atoms with van der Waals surface area (Å²) in [6.45, 7) is 4.18. The van der Waals surface area contributed by atoms with Gasteiger partial charge in [-0.3, -0.25) is 4.79 Å². The molecular formula is C19H20N2O2. The second-order valence-corrected chi connectivity index (χ2v) is 5.74. The summed E-state index contributed by atoms with van der Waals surface area (Å²) in [6, 6.07) is 16.4. The minimum Gasteiger partial charge on any atom is -0.468 e. The van der Waals surface area contributed by atoms with E-state index in [4.69, 9.17) is 4.74 Å². The summed E-state index contributed by atoms with van der Waals surface area (Å²) in [5.41, 5.74) is 4.41. The number of rotatable bonds is 3. The van der Waals surface area contributed by atoms with E-state index in [1.807, 2.05) is 30.0 Å². The van der Waals surface area contributed by atoms with Crippen molar-refractivity contribution in [1.29, 1.82) is 0 Å². The summed E-state index contributed by atoms with van der Waals surface area (Å²) >= 11 is 0. The lowest BCUT2D eigenvalue weighted by Gasteiger charge is -2.37. The van der Waals surface area contributed by atoms with Crippen LogP contribution >= 0.6 is 0 Å². The van der Waals surface area contributed by atoms with Crippen molar-refractivity contribution >= 4 is 17.5 Å². The summed E-state index contributed by atoms with van der Waals surface area (Å²) < 4.78 is 4.86. The van der Waals surface area contributed by atoms with Gasteiger partial charge in [-0.2, -0.15) is 0 Å². The van der Waals surface area contributed by atoms with Gasteiger partial charge in [-0.05, 0) is 25.5 Å². The van der Waals surface area contributed by atoms with Crippen LogP contribution in [0.1, 0.15) is 29.7 Å². The minimum atomic E-state index is -0.268. The first-order valence-corrected chi connectivity index (χ1v) is 7.64. The maximum Gasteiger partial charge on any atom is 0.325 e. The molecule has 0 radical (unpaired) electrons. The van der Waals surface area contributed by atoms with Gasteiger partial charge in [0.2, 0.25) is 0 Å². The number of aryl methyl sites for hydroxylation is 1. The molecule has 0 unspecified atom stereocenters. The van der Waals surface area contributed by atoms with E-state index in [2.05, 4.69) is 42.2 Å². The minimum absolute atomic E-state index is 0.0385. The molecule has 0 N–H and O–H groups in total. The Kier molecular flexibility index (Phi) is 4.15. The van der Waals surface area contributed by atoms with Crippen LogP contribution in [0.5, 0.6) is 0 Å². The second kappa shape index (κ2) is 6.24. The molecule has 1 aliphatic heterocycles. The van der Waals surface area contributed by atoms with E-state index in [1.54, 1.807) is 0 Å². The Hall–Kier alpha value is -2.62. The SMILES string of the molecule is COC(=O)CN1C(C)=Nc2ccccc2[C@H]1c1ccc(C)cc1. The summed E-state index contributed by atoms with van der Waals surface area (Å²) in [7, 11) is 1.41. The van der Waals surface area contributed by atoms with Gasteiger partial charge in [0.25, 0.3) is 0 Å². The number of ether oxygens (including phenoxy) is 1. The van der Waals surface area contributed by atoms with Gasteiger partial charge in [0.1, 0.15) is 12.4 Å². The maximum atomic E-state index is 11.8. The molecule has 0 fully saturated rings. The van der Waals surface area contributed by atoms with Crippen molar-refractivity contribution < 1.29 is 9.53 Å². The molecule has 4 heteroatoms. The standard InChI is InChI=1S/C19H20N2O2/c1-13-8-10-15(11-9-13)19-16-6-4-5-7-17(16)20-14(2)21(19)12-18(22)23-3/h4-11,19H,12H2,1-3H3/t19-/m1/s1. The van der Waals surface area contributed by atoms with Crippen LogP contribution < -0.4 is 0 Å². The Bertz CT molecular complexity index is 750. The van der Waals surface area contributed by atoms with Gasteiger partial charge in [-0.15, -0.1) is 0 Å². The van der Waals surface area contributed by atoms with Crippen LogP contribution in [0.15, 0.2) is 53.5 Å². The van der Waals surface area contributed by atoms with Gasteiger partial charge >= 0.3 is 5.97 Å². The number of esters is 1. The number of carbonyl (C=O) groups is 1. The summed E-state index contributed by atoms with van der Waals surface area (Å²) in [5.74, 6) is 0.552. The zero-order chi connectivity index (χ0) is 16.4. The molecule has 23 heavy (non-hydrogen) atoms. The van der Waals surface area contributed by atoms with Crippen molar-refractivity contribution in [2.75, 3.05) is 13.7 Å². The topological polar surface area (TPSA) is 41.9 Å². The maximum absolute atomic E-state index is 11.8. The number of carbonyl (C=O) groups excluding carboxylic acids is 1. The molecule has 1 aliphatic rings. The van der Waals surface area contributed by atoms with E-state index in [0.29, 0.717) is 0 Å². The van der Waals surface area contributed by atoms with E-state index < -0.39 is 0 Å². The van der Waals surface area contributed by atoms with Crippen molar-refractivity contribution in [3.63, 3.8) is 0 Å². The number of hydrogen-bond donors (Lipinski definition) is 0. The van der Waals surface area contributed by atoms with Crippen molar-refractivity contribution in [3.05, 3.63) is 65.2 Å². The molecule has 0 spiro atoms. The molecule has 118 valence electrons. The highest BCUT2D eigenvalue weighted by molar-refractivity contribution is 5.89. The van der Waals surface area contributed by atoms with Crippen LogP contribution in [0.4, 0.5) is 5.69 Å². The third-order valence-electron chi connectivity index (χ3n) is 4.16. The van der Waals surface area contributed by atoms with Crippen molar-refractivity contribution in [2.24, 2.45) is 4.99 Å². The molecule has 4 nitrogen and oxygen atoms in total. The van der Waals surface area contributed by atoms with Crippen LogP contribution in [-0.4, -0.2) is 30.4 Å². The van der Waals surface area contributed by atoms with E-state index in [0.717, 1.165) is 22.6 Å². The largest absolute Gasteiger partial charge is 0.468 e. The van der Waals surface area contributed by atoms with Gasteiger partial charge in [0.05, 0.1) is 18.8 Å². The predicted octanol–water partition coefficient (Wildman–Crippen LogP) is 3.62. The zero-order valence-electron chi connectivity index (χ0n) is 13.6. The van der Waals surface area contributed by atoms with E-state index in [9.17, 15) is 4.79 Å². The third-order valence-corrected chi connectivity index (χ3v) is 4.16. The number of para-hydroxylation sites is 1. The number of fused-ring (bicyclic) bond motifs is 1. The third kappa shape index (κ3) is 2.97. The molecule has 1 atom stereocenters. The van der Waals surface area contributed by atoms with Gasteiger partial charge in [-0.25, -0.2) is 4.99 Å². The van der Waals surface area contributed by atoms with E-state index in [-0.39, 0.29) is 18.6 Å². The molecule has 2 aromatic rings. The second-order valence-electron chi connectivity index (χ2n) is 5.74. The molecule has 0 aliphatic carbocycles. The Morgan fingerprint density at radius 1 is 1.13 bits per heavy atom. The van der Waals surface area contributed by atoms with Gasteiger partial charge < -0.3 is 9.64 Å². The lowest BCUT2D eigenvalue weighted by molar-refractivity contribution is -0.141. The van der Waals surface area contributed by atoms with Crippen molar-refractivity contribution in [1.82, 2.24) is 4.90 Å². The number of methoxy groups -OCH3 is 1. The van der Waals surface area contributed by atoms with E-state index >= 15 is 0 Å². The first-order valence-electron chi connectivity index (χ1n) is 7.64. The van der Waals surface area contributed by atoms with Crippen LogP contribution in [0, 0.1) is 6.92 Å². The summed E-state index contributed by atoms with van der Waals surface area (Å²) in [5, 5.41) is 0. The van der Waals surface area contributed by atoms with Gasteiger partial charge in [0, 0.05) is 5.56 Å². The molecule has 0 amide bonds. The molecule has 3 rings (SSSR count). The lowest BCUT2D eigenvalue weighted by Crippen LogP contribution is -2.40. The predicted molar refractivity (Wildman–Crippen MR) is 91.0 cm³/mol. The fourth-order valence-corrected chi connectivity index (χ4v) is 2.93. The Labute approximate surface area is 136 Å². The highest BCUT2D eigenvalue weighted by atomic mass is 16.5. The highest BCUT2D eigenvalue weighted by Gasteiger charge is 2.30. The van der Waals surface area contributed by atoms with Crippen LogP contribution in [0.2, 0.25) is 0 Å². The van der Waals surface area contributed by atoms with E-state index in [1.165, 1.54) is 12.7 Å². The fraction of sp³-hybridized carbons (Fsp3) is 0.263. The first-order chi connectivity index (χ1) is 11.1. The average Bonchev–Trinajstić information content (AvgIpc) is 2.56. The quantitative estimate of drug-likeness (QED) is 0.813. The monoisotopic (exact) mass is 308 g/mol. The number of hydrogen-bond acceptors (Lipinski definition) is 4. The fourth-order valence-electron chi connectivity index (χ4n) is 2.93. The molecule has 0 bridgehead atoms. The Balaban J connectivity index is 2.10. The molecule has 2 aromatic carbocycles. The number of amidine groups is 1. The summed E-state index contributed by atoms with van der Waals surface area (Å²) in [4.78, 5) is 18.5. The normalized spacial score (nSPS) is 16.6. The smallest absolute Gasteiger partial charge is 0.325 e. The summed E-state index contributed by atoms with van der Waals surface area (Å²) in [6.07, 6.45) is 0. The molecule has 0 saturated heterocycles. The Morgan fingerprint density at radius 3 is 2.52 bits per heavy atom. The molecule has 0 saturated carbocycles. The highest BCUT2D eigenvalue weighted by Crippen LogP contribution is 2.38. The Morgan fingerprint density at radius 2 is 1.83 bits per heavy atom. The number of benzene rings is 2. The zero-order valence-corrected chi connectivity index (χ0v) is 13.6. The van der Waals surface area contributed by atoms with Crippen molar-refractivity contribution in [2.45, 2.75) is 19.9 Å². The van der Waals surface area contributed by atoms with Gasteiger partial charge in [0.15, 0.2) is 0 Å². The van der Waals surface area contributed by atoms with Gasteiger partial charge in [-0.1, -0.05) is 48.0 Å². The van der Waals surface area contributed by atoms with Crippen LogP contribution in [-0.2, 0) is 9.53 Å². The van der Waals surface area contributed by atoms with Crippen molar-refractivity contribution in [3.8, 4) is 0 Å². The molecule has 0 aromatic heterocycles. The molecular weight excluding hydrogens is 288 g/mol. The number of aliphatic imine (C=N–C) groups is 1. The lowest BCUT2D eigenvalue weighted by atomic mass is 9.93. The van der Waals surface area contributed by atoms with Crippen LogP contribution in [0.25, 0.3) is 0 Å². The van der Waals surface area contributed by atoms with Crippen LogP contribution in [0.3, 0.4) is 0 Å². The molecule has 1 heterocycles. The average molecular weight is 308 g/mol.